The summed E-state index contributed by atoms with van der Waals surface area (Å²) in [5, 5.41) is 0. The van der Waals surface area contributed by atoms with E-state index in [0.717, 1.165) is 37.2 Å². The van der Waals surface area contributed by atoms with Gasteiger partial charge in [0.25, 0.3) is 11.8 Å². The molecule has 0 heterocycles. The van der Waals surface area contributed by atoms with E-state index in [-0.39, 0.29) is 18.6 Å². The van der Waals surface area contributed by atoms with Gasteiger partial charge in [-0.25, -0.2) is 0 Å². The van der Waals surface area contributed by atoms with E-state index in [1.54, 1.807) is 23.1 Å². The fourth-order valence-corrected chi connectivity index (χ4v) is 3.03. The number of carbonyl (C=O) groups is 2. The molecule has 0 radical (unpaired) electrons. The molecule has 5 heteroatoms. The van der Waals surface area contributed by atoms with Gasteiger partial charge in [-0.15, -0.1) is 0 Å². The van der Waals surface area contributed by atoms with E-state index in [4.69, 9.17) is 10.5 Å². The first-order chi connectivity index (χ1) is 10.9. The molecular formula is C18H26N2O3. The van der Waals surface area contributed by atoms with Crippen molar-refractivity contribution in [3.63, 3.8) is 0 Å². The zero-order valence-corrected chi connectivity index (χ0v) is 14.2. The molecule has 1 fully saturated rings. The number of nitrogens with two attached hydrogens (primary N) is 1. The van der Waals surface area contributed by atoms with E-state index in [2.05, 4.69) is 6.92 Å². The topological polar surface area (TPSA) is 72.6 Å². The van der Waals surface area contributed by atoms with Gasteiger partial charge in [0.2, 0.25) is 0 Å². The second-order valence-electron chi connectivity index (χ2n) is 6.57. The van der Waals surface area contributed by atoms with E-state index in [1.807, 2.05) is 14.0 Å². The number of benzene rings is 1. The molecule has 1 aromatic rings. The lowest BCUT2D eigenvalue weighted by Crippen LogP contribution is -2.41. The Morgan fingerprint density at radius 1 is 1.26 bits per heavy atom. The van der Waals surface area contributed by atoms with Gasteiger partial charge >= 0.3 is 0 Å². The summed E-state index contributed by atoms with van der Waals surface area (Å²) < 4.78 is 5.58. The molecule has 0 aliphatic heterocycles. The van der Waals surface area contributed by atoms with Crippen LogP contribution in [0.3, 0.4) is 0 Å². The van der Waals surface area contributed by atoms with Crippen LogP contribution in [0.2, 0.25) is 0 Å². The van der Waals surface area contributed by atoms with Crippen LogP contribution in [0.25, 0.3) is 0 Å². The standard InChI is InChI=1S/C18H26N2O3/c1-12-4-7-14(8-5-12)20(3)17(21)11-23-16-10-13(2)6-9-15(16)18(19)22/h6,9-10,12,14H,4-5,7-8,11H2,1-3H3,(H2,19,22). The molecule has 5 nitrogen and oxygen atoms in total. The van der Waals surface area contributed by atoms with Crippen molar-refractivity contribution in [3.8, 4) is 5.75 Å². The van der Waals surface area contributed by atoms with Crippen LogP contribution in [0, 0.1) is 12.8 Å². The minimum Gasteiger partial charge on any atom is -0.483 e. The second-order valence-corrected chi connectivity index (χ2v) is 6.57. The van der Waals surface area contributed by atoms with Crippen LogP contribution in [0.4, 0.5) is 0 Å². The molecule has 1 aliphatic carbocycles. The molecule has 1 aliphatic rings. The first-order valence-electron chi connectivity index (χ1n) is 8.17. The second kappa shape index (κ2) is 7.49. The predicted octanol–water partition coefficient (Wildman–Crippen LogP) is 2.51. The predicted molar refractivity (Wildman–Crippen MR) is 89.4 cm³/mol. The highest BCUT2D eigenvalue weighted by atomic mass is 16.5. The minimum atomic E-state index is -0.554. The summed E-state index contributed by atoms with van der Waals surface area (Å²) in [7, 11) is 1.83. The molecule has 0 bridgehead atoms. The lowest BCUT2D eigenvalue weighted by atomic mass is 9.87. The minimum absolute atomic E-state index is 0.0681. The average molecular weight is 318 g/mol. The highest BCUT2D eigenvalue weighted by Gasteiger charge is 2.25. The molecular weight excluding hydrogens is 292 g/mol. The molecule has 0 spiro atoms. The zero-order chi connectivity index (χ0) is 17.0. The Balaban J connectivity index is 1.96. The van der Waals surface area contributed by atoms with Crippen LogP contribution in [0.5, 0.6) is 5.75 Å². The lowest BCUT2D eigenvalue weighted by molar-refractivity contribution is -0.134. The summed E-state index contributed by atoms with van der Waals surface area (Å²) >= 11 is 0. The van der Waals surface area contributed by atoms with Crippen molar-refractivity contribution in [1.82, 2.24) is 4.90 Å². The quantitative estimate of drug-likeness (QED) is 0.906. The number of primary amides is 1. The highest BCUT2D eigenvalue weighted by molar-refractivity contribution is 5.95. The molecule has 1 saturated carbocycles. The van der Waals surface area contributed by atoms with Crippen LogP contribution < -0.4 is 10.5 Å². The molecule has 1 aromatic carbocycles. The Hall–Kier alpha value is -2.04. The molecule has 0 atom stereocenters. The number of rotatable bonds is 5. The van der Waals surface area contributed by atoms with Crippen molar-refractivity contribution in [1.29, 1.82) is 0 Å². The summed E-state index contributed by atoms with van der Waals surface area (Å²) in [6.45, 7) is 4.07. The third kappa shape index (κ3) is 4.47. The van der Waals surface area contributed by atoms with Gasteiger partial charge in [0.05, 0.1) is 5.56 Å². The Labute approximate surface area is 137 Å². The molecule has 0 aromatic heterocycles. The van der Waals surface area contributed by atoms with Crippen LogP contribution in [-0.2, 0) is 4.79 Å². The third-order valence-electron chi connectivity index (χ3n) is 4.68. The number of hydrogen-bond donors (Lipinski definition) is 1. The summed E-state index contributed by atoms with van der Waals surface area (Å²) in [4.78, 5) is 25.6. The molecule has 0 unspecified atom stereocenters. The van der Waals surface area contributed by atoms with E-state index in [1.165, 1.54) is 0 Å². The number of ether oxygens (including phenoxy) is 1. The summed E-state index contributed by atoms with van der Waals surface area (Å²) in [5.41, 5.74) is 6.60. The van der Waals surface area contributed by atoms with Gasteiger partial charge in [-0.3, -0.25) is 9.59 Å². The molecule has 2 amide bonds. The molecule has 2 rings (SSSR count). The van der Waals surface area contributed by atoms with E-state index in [9.17, 15) is 9.59 Å². The normalized spacial score (nSPS) is 20.8. The van der Waals surface area contributed by atoms with Crippen molar-refractivity contribution in [2.24, 2.45) is 11.7 Å². The van der Waals surface area contributed by atoms with Crippen molar-refractivity contribution in [2.75, 3.05) is 13.7 Å². The summed E-state index contributed by atoms with van der Waals surface area (Å²) in [6, 6.07) is 5.44. The van der Waals surface area contributed by atoms with Gasteiger partial charge in [0.15, 0.2) is 6.61 Å². The van der Waals surface area contributed by atoms with Crippen molar-refractivity contribution in [2.45, 2.75) is 45.6 Å². The largest absolute Gasteiger partial charge is 0.483 e. The number of aryl methyl sites for hydroxylation is 1. The highest BCUT2D eigenvalue weighted by Crippen LogP contribution is 2.26. The Kier molecular flexibility index (Phi) is 5.64. The maximum atomic E-state index is 12.3. The van der Waals surface area contributed by atoms with Crippen LogP contribution in [-0.4, -0.2) is 36.4 Å². The number of nitrogens with zero attached hydrogens (tertiary/aromatic N) is 1. The first kappa shape index (κ1) is 17.3. The van der Waals surface area contributed by atoms with Gasteiger partial charge in [-0.05, 0) is 56.2 Å². The average Bonchev–Trinajstić information content (AvgIpc) is 2.52. The van der Waals surface area contributed by atoms with Crippen molar-refractivity contribution >= 4 is 11.8 Å². The summed E-state index contributed by atoms with van der Waals surface area (Å²) in [5.74, 6) is 0.497. The van der Waals surface area contributed by atoms with Gasteiger partial charge in [0, 0.05) is 13.1 Å². The number of likely N-dealkylation sites (N-methyl/N-ethyl adjacent to an activating group) is 1. The Morgan fingerprint density at radius 3 is 2.52 bits per heavy atom. The molecule has 0 saturated heterocycles. The molecule has 23 heavy (non-hydrogen) atoms. The number of carbonyl (C=O) groups excluding carboxylic acids is 2. The van der Waals surface area contributed by atoms with Crippen LogP contribution in [0.1, 0.15) is 48.5 Å². The summed E-state index contributed by atoms with van der Waals surface area (Å²) in [6.07, 6.45) is 4.40. The van der Waals surface area contributed by atoms with Gasteiger partial charge in [-0.1, -0.05) is 13.0 Å². The van der Waals surface area contributed by atoms with Gasteiger partial charge in [0.1, 0.15) is 5.75 Å². The maximum Gasteiger partial charge on any atom is 0.260 e. The SMILES string of the molecule is Cc1ccc(C(N)=O)c(OCC(=O)N(C)C2CCC(C)CC2)c1. The van der Waals surface area contributed by atoms with Gasteiger partial charge < -0.3 is 15.4 Å². The van der Waals surface area contributed by atoms with Crippen LogP contribution in [0.15, 0.2) is 18.2 Å². The number of hydrogen-bond acceptors (Lipinski definition) is 3. The third-order valence-corrected chi connectivity index (χ3v) is 4.68. The molecule has 126 valence electrons. The van der Waals surface area contributed by atoms with E-state index >= 15 is 0 Å². The maximum absolute atomic E-state index is 12.3. The smallest absolute Gasteiger partial charge is 0.260 e. The Morgan fingerprint density at radius 2 is 1.91 bits per heavy atom. The van der Waals surface area contributed by atoms with Crippen LogP contribution >= 0.6 is 0 Å². The van der Waals surface area contributed by atoms with Gasteiger partial charge in [-0.2, -0.15) is 0 Å². The van der Waals surface area contributed by atoms with E-state index in [0.29, 0.717) is 11.3 Å². The van der Waals surface area contributed by atoms with Crippen molar-refractivity contribution in [3.05, 3.63) is 29.3 Å². The zero-order valence-electron chi connectivity index (χ0n) is 14.2. The monoisotopic (exact) mass is 318 g/mol. The molecule has 2 N–H and O–H groups in total. The number of amides is 2. The fraction of sp³-hybridized carbons (Fsp3) is 0.556. The van der Waals surface area contributed by atoms with E-state index < -0.39 is 5.91 Å². The Bertz CT molecular complexity index is 578. The van der Waals surface area contributed by atoms with Crippen molar-refractivity contribution < 1.29 is 14.3 Å². The lowest BCUT2D eigenvalue weighted by Gasteiger charge is -2.33. The fourth-order valence-electron chi connectivity index (χ4n) is 3.03. The first-order valence-corrected chi connectivity index (χ1v) is 8.17.